The second kappa shape index (κ2) is 12.1. The zero-order valence-corrected chi connectivity index (χ0v) is 17.9. The molecule has 3 N–H and O–H groups in total. The molecule has 2 rings (SSSR count). The van der Waals surface area contributed by atoms with E-state index < -0.39 is 0 Å². The van der Waals surface area contributed by atoms with Gasteiger partial charge in [-0.15, -0.1) is 24.0 Å². The van der Waals surface area contributed by atoms with Crippen molar-refractivity contribution in [3.63, 3.8) is 0 Å². The van der Waals surface area contributed by atoms with Gasteiger partial charge in [0.2, 0.25) is 0 Å². The molecule has 1 aromatic carbocycles. The van der Waals surface area contributed by atoms with Crippen molar-refractivity contribution in [2.45, 2.75) is 33.1 Å². The lowest BCUT2D eigenvalue weighted by Gasteiger charge is -2.11. The summed E-state index contributed by atoms with van der Waals surface area (Å²) < 4.78 is 0. The van der Waals surface area contributed by atoms with Gasteiger partial charge >= 0.3 is 0 Å². The first-order valence-corrected chi connectivity index (χ1v) is 8.83. The number of aromatic nitrogens is 2. The summed E-state index contributed by atoms with van der Waals surface area (Å²) in [4.78, 5) is 4.63. The van der Waals surface area contributed by atoms with Crippen molar-refractivity contribution >= 4 is 41.5 Å². The number of halogens is 2. The Balaban J connectivity index is 0.00000312. The zero-order valence-electron chi connectivity index (χ0n) is 14.8. The smallest absolute Gasteiger partial charge is 0.191 e. The fraction of sp³-hybridized carbons (Fsp3) is 0.444. The standard InChI is InChI=1S/C18H26ClN5.HI/c1-3-20-18(21-11-6-8-16-13-23-24-14(16)2)22-12-10-15-7-4-5-9-17(15)19;/h4-5,7,9,13H,3,6,8,10-12H2,1-2H3,(H,23,24)(H2,20,21,22);1H. The molecule has 1 aromatic heterocycles. The Labute approximate surface area is 172 Å². The van der Waals surface area contributed by atoms with Crippen LogP contribution in [0.4, 0.5) is 0 Å². The highest BCUT2D eigenvalue weighted by molar-refractivity contribution is 14.0. The van der Waals surface area contributed by atoms with E-state index in [1.165, 1.54) is 5.56 Å². The van der Waals surface area contributed by atoms with Gasteiger partial charge in [0.1, 0.15) is 0 Å². The van der Waals surface area contributed by atoms with Crippen molar-refractivity contribution in [2.75, 3.05) is 19.6 Å². The molecule has 0 unspecified atom stereocenters. The van der Waals surface area contributed by atoms with Gasteiger partial charge in [-0.05, 0) is 50.3 Å². The number of nitrogens with zero attached hydrogens (tertiary/aromatic N) is 2. The van der Waals surface area contributed by atoms with Crippen molar-refractivity contribution in [3.8, 4) is 0 Å². The van der Waals surface area contributed by atoms with Crippen LogP contribution in [0.1, 0.15) is 30.2 Å². The van der Waals surface area contributed by atoms with Crippen molar-refractivity contribution in [1.82, 2.24) is 20.8 Å². The quantitative estimate of drug-likeness (QED) is 0.236. The summed E-state index contributed by atoms with van der Waals surface area (Å²) >= 11 is 6.18. The average molecular weight is 476 g/mol. The minimum Gasteiger partial charge on any atom is -0.357 e. The molecule has 0 aliphatic carbocycles. The molecule has 0 bridgehead atoms. The Kier molecular flexibility index (Phi) is 10.6. The van der Waals surface area contributed by atoms with Gasteiger partial charge in [0.25, 0.3) is 0 Å². The lowest BCUT2D eigenvalue weighted by molar-refractivity contribution is 0.776. The van der Waals surface area contributed by atoms with E-state index in [-0.39, 0.29) is 24.0 Å². The highest BCUT2D eigenvalue weighted by atomic mass is 127. The number of hydrogen-bond donors (Lipinski definition) is 3. The largest absolute Gasteiger partial charge is 0.357 e. The average Bonchev–Trinajstić information content (AvgIpc) is 2.98. The number of aromatic amines is 1. The predicted octanol–water partition coefficient (Wildman–Crippen LogP) is 3.72. The fourth-order valence-corrected chi connectivity index (χ4v) is 2.68. The van der Waals surface area contributed by atoms with Crippen LogP contribution in [0.3, 0.4) is 0 Å². The molecule has 0 aliphatic heterocycles. The summed E-state index contributed by atoms with van der Waals surface area (Å²) in [6.07, 6.45) is 4.76. The molecule has 0 fully saturated rings. The molecule has 25 heavy (non-hydrogen) atoms. The monoisotopic (exact) mass is 475 g/mol. The molecule has 0 spiro atoms. The van der Waals surface area contributed by atoms with Gasteiger partial charge in [0.15, 0.2) is 5.96 Å². The van der Waals surface area contributed by atoms with Crippen LogP contribution >= 0.6 is 35.6 Å². The number of benzene rings is 1. The van der Waals surface area contributed by atoms with E-state index in [9.17, 15) is 0 Å². The molecule has 0 aliphatic rings. The normalized spacial score (nSPS) is 11.1. The maximum atomic E-state index is 6.18. The van der Waals surface area contributed by atoms with Gasteiger partial charge < -0.3 is 10.6 Å². The van der Waals surface area contributed by atoms with Gasteiger partial charge in [0.05, 0.1) is 6.20 Å². The van der Waals surface area contributed by atoms with Crippen molar-refractivity contribution in [1.29, 1.82) is 0 Å². The molecule has 5 nitrogen and oxygen atoms in total. The number of hydrogen-bond acceptors (Lipinski definition) is 2. The van der Waals surface area contributed by atoms with Crippen LogP contribution < -0.4 is 10.6 Å². The maximum absolute atomic E-state index is 6.18. The van der Waals surface area contributed by atoms with Crippen molar-refractivity contribution < 1.29 is 0 Å². The van der Waals surface area contributed by atoms with Crippen molar-refractivity contribution in [2.24, 2.45) is 4.99 Å². The van der Waals surface area contributed by atoms with E-state index in [2.05, 4.69) is 38.8 Å². The molecule has 2 aromatic rings. The molecule has 138 valence electrons. The van der Waals surface area contributed by atoms with E-state index >= 15 is 0 Å². The second-order valence-corrected chi connectivity index (χ2v) is 6.06. The van der Waals surface area contributed by atoms with Crippen LogP contribution in [-0.2, 0) is 12.8 Å². The predicted molar refractivity (Wildman–Crippen MR) is 116 cm³/mol. The Morgan fingerprint density at radius 3 is 2.68 bits per heavy atom. The molecular weight excluding hydrogens is 449 g/mol. The summed E-state index contributed by atoms with van der Waals surface area (Å²) in [7, 11) is 0. The summed E-state index contributed by atoms with van der Waals surface area (Å²) in [5.41, 5.74) is 3.56. The lowest BCUT2D eigenvalue weighted by atomic mass is 10.1. The van der Waals surface area contributed by atoms with E-state index in [4.69, 9.17) is 11.6 Å². The fourth-order valence-electron chi connectivity index (χ4n) is 2.45. The molecule has 0 amide bonds. The molecular formula is C18H27ClIN5. The molecule has 0 atom stereocenters. The number of nitrogens with one attached hydrogen (secondary N) is 3. The highest BCUT2D eigenvalue weighted by Gasteiger charge is 2.02. The first-order valence-electron chi connectivity index (χ1n) is 8.45. The molecule has 0 saturated carbocycles. The number of H-pyrrole nitrogens is 1. The van der Waals surface area contributed by atoms with Crippen LogP contribution in [0, 0.1) is 6.92 Å². The maximum Gasteiger partial charge on any atom is 0.191 e. The topological polar surface area (TPSA) is 65.1 Å². The Bertz CT molecular complexity index is 656. The van der Waals surface area contributed by atoms with Crippen molar-refractivity contribution in [3.05, 3.63) is 52.3 Å². The van der Waals surface area contributed by atoms with Gasteiger partial charge in [0, 0.05) is 30.4 Å². The third-order valence-corrected chi connectivity index (χ3v) is 4.17. The van der Waals surface area contributed by atoms with Crippen LogP contribution in [0.25, 0.3) is 0 Å². The SMILES string of the molecule is CCNC(=NCCCc1cn[nH]c1C)NCCc1ccccc1Cl.I. The second-order valence-electron chi connectivity index (χ2n) is 5.65. The first-order chi connectivity index (χ1) is 11.7. The third kappa shape index (κ3) is 7.64. The lowest BCUT2D eigenvalue weighted by Crippen LogP contribution is -2.38. The summed E-state index contributed by atoms with van der Waals surface area (Å²) in [6.45, 7) is 6.55. The summed E-state index contributed by atoms with van der Waals surface area (Å²) in [5.74, 6) is 0.855. The van der Waals surface area contributed by atoms with E-state index in [1.807, 2.05) is 31.3 Å². The first kappa shape index (κ1) is 21.8. The molecule has 0 saturated heterocycles. The van der Waals surface area contributed by atoms with Gasteiger partial charge in [-0.25, -0.2) is 0 Å². The van der Waals surface area contributed by atoms with Crippen LogP contribution in [0.15, 0.2) is 35.5 Å². The Hall–Kier alpha value is -1.28. The minimum atomic E-state index is 0. The van der Waals surface area contributed by atoms with E-state index in [0.717, 1.165) is 61.1 Å². The van der Waals surface area contributed by atoms with E-state index in [0.29, 0.717) is 0 Å². The Morgan fingerprint density at radius 1 is 1.20 bits per heavy atom. The van der Waals surface area contributed by atoms with Crippen LogP contribution in [0.5, 0.6) is 0 Å². The summed E-state index contributed by atoms with van der Waals surface area (Å²) in [6, 6.07) is 7.94. The molecule has 1 heterocycles. The van der Waals surface area contributed by atoms with Crippen LogP contribution in [0.2, 0.25) is 5.02 Å². The number of aliphatic imine (C=N–C) groups is 1. The Morgan fingerprint density at radius 2 is 2.00 bits per heavy atom. The molecule has 0 radical (unpaired) electrons. The molecule has 7 heteroatoms. The summed E-state index contributed by atoms with van der Waals surface area (Å²) in [5, 5.41) is 14.5. The minimum absolute atomic E-state index is 0. The van der Waals surface area contributed by atoms with Gasteiger partial charge in [-0.2, -0.15) is 5.10 Å². The van der Waals surface area contributed by atoms with E-state index in [1.54, 1.807) is 0 Å². The zero-order chi connectivity index (χ0) is 17.2. The highest BCUT2D eigenvalue weighted by Crippen LogP contribution is 2.14. The van der Waals surface area contributed by atoms with Gasteiger partial charge in [-0.3, -0.25) is 10.1 Å². The number of aryl methyl sites for hydroxylation is 2. The number of rotatable bonds is 8. The van der Waals surface area contributed by atoms with Gasteiger partial charge in [-0.1, -0.05) is 29.8 Å². The third-order valence-electron chi connectivity index (χ3n) is 3.80. The van der Waals surface area contributed by atoms with Crippen LogP contribution in [-0.4, -0.2) is 35.8 Å². The number of guanidine groups is 1.